The van der Waals surface area contributed by atoms with Crippen LogP contribution in [0.2, 0.25) is 0 Å². The van der Waals surface area contributed by atoms with Gasteiger partial charge < -0.3 is 10.6 Å². The molecule has 0 unspecified atom stereocenters. The summed E-state index contributed by atoms with van der Waals surface area (Å²) in [4.78, 5) is 28.9. The van der Waals surface area contributed by atoms with E-state index >= 15 is 0 Å². The van der Waals surface area contributed by atoms with Crippen LogP contribution >= 0.6 is 11.3 Å². The zero-order valence-electron chi connectivity index (χ0n) is 14.8. The van der Waals surface area contributed by atoms with Crippen molar-refractivity contribution in [2.24, 2.45) is 5.73 Å². The number of amides is 1. The first-order chi connectivity index (χ1) is 13.2. The number of hydrogen-bond donors (Lipinski definition) is 1. The van der Waals surface area contributed by atoms with Crippen LogP contribution in [0.5, 0.6) is 0 Å². The summed E-state index contributed by atoms with van der Waals surface area (Å²) < 4.78 is 0. The zero-order valence-corrected chi connectivity index (χ0v) is 15.6. The summed E-state index contributed by atoms with van der Waals surface area (Å²) in [5.41, 5.74) is 7.75. The molecule has 2 aromatic heterocycles. The number of anilines is 1. The molecule has 1 fully saturated rings. The maximum absolute atomic E-state index is 11.3. The summed E-state index contributed by atoms with van der Waals surface area (Å²) in [6.07, 6.45) is 3.07. The highest BCUT2D eigenvalue weighted by Gasteiger charge is 2.20. The molecule has 0 saturated carbocycles. The Morgan fingerprint density at radius 2 is 1.85 bits per heavy atom. The van der Waals surface area contributed by atoms with Crippen molar-refractivity contribution in [3.63, 3.8) is 0 Å². The van der Waals surface area contributed by atoms with E-state index in [9.17, 15) is 4.79 Å². The summed E-state index contributed by atoms with van der Waals surface area (Å²) in [6.45, 7) is 4.30. The predicted molar refractivity (Wildman–Crippen MR) is 106 cm³/mol. The molecule has 3 aromatic rings. The van der Waals surface area contributed by atoms with E-state index in [0.717, 1.165) is 49.0 Å². The van der Waals surface area contributed by atoms with Crippen LogP contribution in [0, 0.1) is 0 Å². The minimum atomic E-state index is -0.555. The summed E-state index contributed by atoms with van der Waals surface area (Å²) >= 11 is 1.68. The van der Waals surface area contributed by atoms with E-state index in [4.69, 9.17) is 10.7 Å². The molecule has 1 amide bonds. The molecule has 0 bridgehead atoms. The van der Waals surface area contributed by atoms with Gasteiger partial charge in [0.1, 0.15) is 16.5 Å². The van der Waals surface area contributed by atoms with Gasteiger partial charge in [0.15, 0.2) is 0 Å². The monoisotopic (exact) mass is 380 g/mol. The molecule has 7 nitrogen and oxygen atoms in total. The highest BCUT2D eigenvalue weighted by molar-refractivity contribution is 7.13. The predicted octanol–water partition coefficient (Wildman–Crippen LogP) is 2.02. The Hall–Kier alpha value is -2.84. The first-order valence-corrected chi connectivity index (χ1v) is 9.66. The molecule has 138 valence electrons. The van der Waals surface area contributed by atoms with Crippen LogP contribution in [0.1, 0.15) is 16.2 Å². The van der Waals surface area contributed by atoms with Crippen molar-refractivity contribution in [3.8, 4) is 10.6 Å². The number of rotatable bonds is 5. The fourth-order valence-corrected chi connectivity index (χ4v) is 3.90. The summed E-state index contributed by atoms with van der Waals surface area (Å²) in [5.74, 6) is 0.145. The summed E-state index contributed by atoms with van der Waals surface area (Å²) in [6, 6.07) is 10.3. The Bertz CT molecular complexity index is 921. The smallest absolute Gasteiger partial charge is 0.268 e. The second-order valence-electron chi connectivity index (χ2n) is 6.40. The van der Waals surface area contributed by atoms with Crippen LogP contribution in [0.3, 0.4) is 0 Å². The van der Waals surface area contributed by atoms with E-state index in [1.165, 1.54) is 6.20 Å². The Morgan fingerprint density at radius 3 is 2.59 bits per heavy atom. The minimum absolute atomic E-state index is 0.200. The molecular formula is C19H20N6OS. The molecule has 2 N–H and O–H groups in total. The van der Waals surface area contributed by atoms with E-state index in [1.54, 1.807) is 17.5 Å². The largest absolute Gasteiger partial charge is 0.364 e. The molecule has 4 rings (SSSR count). The first kappa shape index (κ1) is 17.6. The van der Waals surface area contributed by atoms with Crippen molar-refractivity contribution in [2.45, 2.75) is 6.54 Å². The fraction of sp³-hybridized carbons (Fsp3) is 0.263. The Labute approximate surface area is 161 Å². The molecule has 0 spiro atoms. The lowest BCUT2D eigenvalue weighted by atomic mass is 10.2. The van der Waals surface area contributed by atoms with Crippen molar-refractivity contribution in [1.29, 1.82) is 0 Å². The average molecular weight is 380 g/mol. The Kier molecular flexibility index (Phi) is 5.08. The molecule has 1 saturated heterocycles. The number of primary amides is 1. The minimum Gasteiger partial charge on any atom is -0.364 e. The molecule has 0 radical (unpaired) electrons. The van der Waals surface area contributed by atoms with Crippen molar-refractivity contribution in [1.82, 2.24) is 19.9 Å². The second-order valence-corrected chi connectivity index (χ2v) is 7.26. The molecule has 1 aromatic carbocycles. The van der Waals surface area contributed by atoms with E-state index in [1.807, 2.05) is 18.2 Å². The number of hydrogen-bond acceptors (Lipinski definition) is 7. The molecule has 1 aliphatic heterocycles. The van der Waals surface area contributed by atoms with Crippen LogP contribution in [-0.2, 0) is 6.54 Å². The number of nitrogens with two attached hydrogens (primary N) is 1. The van der Waals surface area contributed by atoms with E-state index < -0.39 is 5.91 Å². The maximum atomic E-state index is 11.3. The van der Waals surface area contributed by atoms with Crippen LogP contribution in [0.4, 0.5) is 5.82 Å². The fourth-order valence-electron chi connectivity index (χ4n) is 3.08. The molecule has 8 heteroatoms. The summed E-state index contributed by atoms with van der Waals surface area (Å²) in [7, 11) is 0. The lowest BCUT2D eigenvalue weighted by molar-refractivity contribution is 0.0995. The summed E-state index contributed by atoms with van der Waals surface area (Å²) in [5, 5.41) is 3.19. The second kappa shape index (κ2) is 7.81. The van der Waals surface area contributed by atoms with Gasteiger partial charge in [-0.3, -0.25) is 14.7 Å². The van der Waals surface area contributed by atoms with E-state index in [-0.39, 0.29) is 5.69 Å². The number of piperazine rings is 1. The average Bonchev–Trinajstić information content (AvgIpc) is 3.18. The number of nitrogens with zero attached hydrogens (tertiary/aromatic N) is 5. The molecular weight excluding hydrogens is 360 g/mol. The Morgan fingerprint density at radius 1 is 1.07 bits per heavy atom. The van der Waals surface area contributed by atoms with Gasteiger partial charge in [0, 0.05) is 43.7 Å². The highest BCUT2D eigenvalue weighted by Crippen LogP contribution is 2.24. The zero-order chi connectivity index (χ0) is 18.6. The lowest BCUT2D eigenvalue weighted by Gasteiger charge is -2.34. The number of benzene rings is 1. The quantitative estimate of drug-likeness (QED) is 0.729. The standard InChI is InChI=1S/C19H20N6OS/c20-18(26)16-10-21-11-17(23-16)25-8-6-24(7-9-25)12-15-13-27-19(22-15)14-4-2-1-3-5-14/h1-5,10-11,13H,6-9,12H2,(H2,20,26). The van der Waals surface area contributed by atoms with Gasteiger partial charge in [0.25, 0.3) is 5.91 Å². The lowest BCUT2D eigenvalue weighted by Crippen LogP contribution is -2.46. The van der Waals surface area contributed by atoms with Gasteiger partial charge in [-0.1, -0.05) is 30.3 Å². The third-order valence-electron chi connectivity index (χ3n) is 4.53. The number of carbonyl (C=O) groups is 1. The SMILES string of the molecule is NC(=O)c1cncc(N2CCN(Cc3csc(-c4ccccc4)n3)CC2)n1. The van der Waals surface area contributed by atoms with Gasteiger partial charge >= 0.3 is 0 Å². The van der Waals surface area contributed by atoms with Crippen LogP contribution in [0.25, 0.3) is 10.6 Å². The number of carbonyl (C=O) groups excluding carboxylic acids is 1. The molecule has 0 atom stereocenters. The Balaban J connectivity index is 1.35. The van der Waals surface area contributed by atoms with Crippen molar-refractivity contribution in [2.75, 3.05) is 31.1 Å². The maximum Gasteiger partial charge on any atom is 0.268 e. The van der Waals surface area contributed by atoms with Crippen molar-refractivity contribution in [3.05, 3.63) is 59.5 Å². The van der Waals surface area contributed by atoms with Gasteiger partial charge in [-0.05, 0) is 0 Å². The molecule has 27 heavy (non-hydrogen) atoms. The van der Waals surface area contributed by atoms with Crippen molar-refractivity contribution >= 4 is 23.1 Å². The van der Waals surface area contributed by atoms with Gasteiger partial charge in [-0.15, -0.1) is 11.3 Å². The van der Waals surface area contributed by atoms with Gasteiger partial charge in [-0.2, -0.15) is 0 Å². The third kappa shape index (κ3) is 4.12. The first-order valence-electron chi connectivity index (χ1n) is 8.78. The molecule has 3 heterocycles. The van der Waals surface area contributed by atoms with Gasteiger partial charge in [-0.25, -0.2) is 9.97 Å². The topological polar surface area (TPSA) is 88.2 Å². The van der Waals surface area contributed by atoms with Crippen molar-refractivity contribution < 1.29 is 4.79 Å². The normalized spacial score (nSPS) is 15.0. The van der Waals surface area contributed by atoms with Crippen LogP contribution in [-0.4, -0.2) is 51.9 Å². The molecule has 1 aliphatic rings. The van der Waals surface area contributed by atoms with Gasteiger partial charge in [0.05, 0.1) is 18.1 Å². The number of aromatic nitrogens is 3. The number of thiazole rings is 1. The van der Waals surface area contributed by atoms with Crippen LogP contribution < -0.4 is 10.6 Å². The van der Waals surface area contributed by atoms with E-state index in [2.05, 4.69) is 37.3 Å². The highest BCUT2D eigenvalue weighted by atomic mass is 32.1. The van der Waals surface area contributed by atoms with Gasteiger partial charge in [0.2, 0.25) is 0 Å². The van der Waals surface area contributed by atoms with Crippen LogP contribution in [0.15, 0.2) is 48.1 Å². The third-order valence-corrected chi connectivity index (χ3v) is 5.47. The van der Waals surface area contributed by atoms with E-state index in [0.29, 0.717) is 5.82 Å². The molecule has 0 aliphatic carbocycles.